The van der Waals surface area contributed by atoms with Crippen LogP contribution in [0.3, 0.4) is 0 Å². The van der Waals surface area contributed by atoms with Crippen LogP contribution in [0.4, 0.5) is 5.69 Å². The van der Waals surface area contributed by atoms with Crippen LogP contribution < -0.4 is 11.1 Å². The highest BCUT2D eigenvalue weighted by Crippen LogP contribution is 2.52. The molecule has 230 valence electrons. The molecule has 1 aromatic heterocycles. The molecule has 0 saturated carbocycles. The van der Waals surface area contributed by atoms with Gasteiger partial charge < -0.3 is 40.7 Å². The Bertz CT molecular complexity index is 1910. The van der Waals surface area contributed by atoms with Crippen LogP contribution in [-0.4, -0.2) is 67.6 Å². The number of ether oxygens (including phenoxy) is 1. The van der Waals surface area contributed by atoms with Crippen LogP contribution in [-0.2, 0) is 20.7 Å². The van der Waals surface area contributed by atoms with Gasteiger partial charge in [0.1, 0.15) is 22.8 Å². The molecule has 2 aromatic carbocycles. The van der Waals surface area contributed by atoms with Gasteiger partial charge in [0.15, 0.2) is 11.4 Å². The number of anilines is 1. The number of nitrogens with one attached hydrogen (secondary N) is 1. The Morgan fingerprint density at radius 3 is 2.51 bits per heavy atom. The summed E-state index contributed by atoms with van der Waals surface area (Å²) in [5.41, 5.74) is 2.50. The van der Waals surface area contributed by atoms with E-state index in [0.29, 0.717) is 16.7 Å². The maximum Gasteiger partial charge on any atom is 0.337 e. The van der Waals surface area contributed by atoms with Crippen molar-refractivity contribution in [2.75, 3.05) is 12.4 Å². The average Bonchev–Trinajstić information content (AvgIpc) is 3.54. The lowest BCUT2D eigenvalue weighted by Gasteiger charge is -2.45. The first-order chi connectivity index (χ1) is 21.4. The van der Waals surface area contributed by atoms with Gasteiger partial charge in [-0.2, -0.15) is 0 Å². The number of aliphatic hydroxyl groups excluding tert-OH is 2. The fourth-order valence-electron chi connectivity index (χ4n) is 6.51. The summed E-state index contributed by atoms with van der Waals surface area (Å²) < 4.78 is 9.77. The molecular weight excluding hydrogens is 590 g/mol. The van der Waals surface area contributed by atoms with E-state index in [2.05, 4.69) is 10.5 Å². The first kappa shape index (κ1) is 29.3. The normalized spacial score (nSPS) is 22.4. The molecule has 3 aliphatic carbocycles. The summed E-state index contributed by atoms with van der Waals surface area (Å²) in [5, 5.41) is 50.0. The molecule has 0 spiro atoms. The molecule has 0 fully saturated rings. The second kappa shape index (κ2) is 10.4. The maximum absolute atomic E-state index is 13.9. The molecule has 3 aliphatic rings. The minimum Gasteiger partial charge on any atom is -0.511 e. The number of aromatic hydroxyl groups is 1. The minimum absolute atomic E-state index is 0.0281. The number of phenolic OH excluding ortho intramolecular Hbond substituents is 1. The van der Waals surface area contributed by atoms with Crippen LogP contribution in [0.1, 0.15) is 49.7 Å². The monoisotopic (exact) mass is 615 g/mol. The molecule has 3 aromatic rings. The zero-order chi connectivity index (χ0) is 32.4. The summed E-state index contributed by atoms with van der Waals surface area (Å²) in [7, 11) is 1.18. The smallest absolute Gasteiger partial charge is 0.337 e. The number of benzene rings is 2. The van der Waals surface area contributed by atoms with Crippen LogP contribution >= 0.6 is 0 Å². The quantitative estimate of drug-likeness (QED) is 0.179. The molecular formula is C31H25N3O11. The Morgan fingerprint density at radius 1 is 1.09 bits per heavy atom. The van der Waals surface area contributed by atoms with Crippen molar-refractivity contribution >= 4 is 35.0 Å². The molecule has 45 heavy (non-hydrogen) atoms. The number of nitrogens with zero attached hydrogens (tertiary/aromatic N) is 1. The van der Waals surface area contributed by atoms with E-state index in [-0.39, 0.29) is 47.4 Å². The Kier molecular flexibility index (Phi) is 6.81. The van der Waals surface area contributed by atoms with Gasteiger partial charge in [-0.15, -0.1) is 0 Å². The first-order valence-corrected chi connectivity index (χ1v) is 13.6. The van der Waals surface area contributed by atoms with Crippen molar-refractivity contribution in [2.45, 2.75) is 24.9 Å². The Balaban J connectivity index is 1.47. The molecule has 3 atom stereocenters. The van der Waals surface area contributed by atoms with Crippen LogP contribution in [0.5, 0.6) is 5.75 Å². The Labute approximate surface area is 253 Å². The van der Waals surface area contributed by atoms with Crippen LogP contribution in [0, 0.1) is 11.8 Å². The third-order valence-electron chi connectivity index (χ3n) is 8.53. The van der Waals surface area contributed by atoms with E-state index in [9.17, 15) is 44.4 Å². The summed E-state index contributed by atoms with van der Waals surface area (Å²) in [6, 6.07) is 8.49. The molecule has 0 radical (unpaired) electrons. The first-order valence-electron chi connectivity index (χ1n) is 13.6. The highest BCUT2D eigenvalue weighted by molar-refractivity contribution is 6.24. The number of fused-ring (bicyclic) bond motifs is 3. The van der Waals surface area contributed by atoms with Crippen LogP contribution in [0.15, 0.2) is 69.8 Å². The second-order valence-electron chi connectivity index (χ2n) is 11.0. The lowest BCUT2D eigenvalue weighted by molar-refractivity contribution is -0.144. The van der Waals surface area contributed by atoms with Crippen LogP contribution in [0.25, 0.3) is 11.1 Å². The van der Waals surface area contributed by atoms with Gasteiger partial charge in [0.2, 0.25) is 11.5 Å². The van der Waals surface area contributed by atoms with Gasteiger partial charge in [-0.05, 0) is 59.7 Å². The molecule has 0 bridgehead atoms. The summed E-state index contributed by atoms with van der Waals surface area (Å²) in [6.45, 7) is 0. The summed E-state index contributed by atoms with van der Waals surface area (Å²) >= 11 is 0. The fourth-order valence-corrected chi connectivity index (χ4v) is 6.51. The van der Waals surface area contributed by atoms with Gasteiger partial charge in [-0.1, -0.05) is 11.2 Å². The number of esters is 1. The minimum atomic E-state index is -2.69. The number of amides is 2. The van der Waals surface area contributed by atoms with E-state index in [1.807, 2.05) is 0 Å². The van der Waals surface area contributed by atoms with Gasteiger partial charge in [0.05, 0.1) is 24.4 Å². The predicted octanol–water partition coefficient (Wildman–Crippen LogP) is 2.27. The number of carbonyl (C=O) groups is 5. The third-order valence-corrected chi connectivity index (χ3v) is 8.53. The highest BCUT2D eigenvalue weighted by Gasteiger charge is 2.59. The molecule has 0 aliphatic heterocycles. The number of methoxy groups -OCH3 is 1. The SMILES string of the molecule is COC(=O)c1cc(NC(=O)c2ccno2)cc(-c2ccc(O)c3c2C[C@H]2C[C@H]4CC(O)=C(C(N)=O)C(=O)[C@@]4(O)C(O)=C2C3=O)c1. The van der Waals surface area contributed by atoms with Gasteiger partial charge in [0.25, 0.3) is 11.8 Å². The van der Waals surface area contributed by atoms with E-state index < -0.39 is 69.6 Å². The molecule has 0 saturated heterocycles. The molecule has 1 heterocycles. The van der Waals surface area contributed by atoms with Gasteiger partial charge in [-0.3, -0.25) is 19.2 Å². The molecule has 14 heteroatoms. The summed E-state index contributed by atoms with van der Waals surface area (Å²) in [6.07, 6.45) is 0.895. The van der Waals surface area contributed by atoms with Gasteiger partial charge in [-0.25, -0.2) is 4.79 Å². The molecule has 0 unspecified atom stereocenters. The van der Waals surface area contributed by atoms with Crippen molar-refractivity contribution in [3.8, 4) is 16.9 Å². The van der Waals surface area contributed by atoms with E-state index >= 15 is 0 Å². The number of Topliss-reactive ketones (excluding diaryl/α,β-unsaturated/α-hetero) is 2. The number of phenols is 1. The topological polar surface area (TPSA) is 240 Å². The maximum atomic E-state index is 13.9. The van der Waals surface area contributed by atoms with Crippen molar-refractivity contribution in [1.82, 2.24) is 5.16 Å². The highest BCUT2D eigenvalue weighted by atomic mass is 16.5. The molecule has 7 N–H and O–H groups in total. The lowest BCUT2D eigenvalue weighted by Crippen LogP contribution is -2.57. The lowest BCUT2D eigenvalue weighted by atomic mass is 9.60. The van der Waals surface area contributed by atoms with Gasteiger partial charge in [0, 0.05) is 29.7 Å². The number of aliphatic hydroxyl groups is 3. The molecule has 14 nitrogen and oxygen atoms in total. The average molecular weight is 616 g/mol. The number of allylic oxidation sites excluding steroid dienone is 2. The van der Waals surface area contributed by atoms with Crippen molar-refractivity contribution in [1.29, 1.82) is 0 Å². The number of ketones is 2. The Hall–Kier alpha value is -5.76. The Morgan fingerprint density at radius 2 is 1.84 bits per heavy atom. The van der Waals surface area contributed by atoms with Crippen LogP contribution in [0.2, 0.25) is 0 Å². The molecule has 2 amide bonds. The number of carbonyl (C=O) groups excluding carboxylic acids is 5. The summed E-state index contributed by atoms with van der Waals surface area (Å²) in [4.78, 5) is 64.2. The molecule has 6 rings (SSSR count). The van der Waals surface area contributed by atoms with E-state index in [0.717, 1.165) is 0 Å². The second-order valence-corrected chi connectivity index (χ2v) is 11.0. The number of hydrogen-bond acceptors (Lipinski definition) is 12. The summed E-state index contributed by atoms with van der Waals surface area (Å²) in [5.74, 6) is -8.84. The predicted molar refractivity (Wildman–Crippen MR) is 152 cm³/mol. The van der Waals surface area contributed by atoms with E-state index in [1.165, 1.54) is 49.7 Å². The fraction of sp³-hybridized carbons (Fsp3) is 0.226. The van der Waals surface area contributed by atoms with Crippen molar-refractivity contribution in [3.63, 3.8) is 0 Å². The van der Waals surface area contributed by atoms with Crippen molar-refractivity contribution in [2.24, 2.45) is 17.6 Å². The van der Waals surface area contributed by atoms with Crippen molar-refractivity contribution < 1.29 is 53.7 Å². The number of hydrogen-bond donors (Lipinski definition) is 6. The number of nitrogens with two attached hydrogens (primary N) is 1. The van der Waals surface area contributed by atoms with Crippen molar-refractivity contribution in [3.05, 3.63) is 87.7 Å². The van der Waals surface area contributed by atoms with Gasteiger partial charge >= 0.3 is 5.97 Å². The largest absolute Gasteiger partial charge is 0.511 e. The standard InChI is InChI=1S/C31H25N3O11/c1-44-30(42)14-6-12(8-16(9-14)34-29(41)21-4-5-33-45-21)17-2-3-19(35)23-18(17)10-13-7-15-11-20(36)24(28(32)40)27(39)31(15,43)26(38)22(13)25(23)37/h2-6,8-9,13,15,35-36,38,43H,7,10-11H2,1H3,(H2,32,40)(H,34,41)/t13-,15+,31+/m1/s1. The number of rotatable bonds is 5. The third kappa shape index (κ3) is 4.45. The zero-order valence-electron chi connectivity index (χ0n) is 23.5. The zero-order valence-corrected chi connectivity index (χ0v) is 23.5. The van der Waals surface area contributed by atoms with E-state index in [1.54, 1.807) is 0 Å². The number of primary amides is 1. The number of aromatic nitrogens is 1. The van der Waals surface area contributed by atoms with E-state index in [4.69, 9.17) is 15.0 Å².